The summed E-state index contributed by atoms with van der Waals surface area (Å²) in [7, 11) is -2.19. The summed E-state index contributed by atoms with van der Waals surface area (Å²) in [6, 6.07) is 12.9. The quantitative estimate of drug-likeness (QED) is 0.509. The molecule has 4 rings (SSSR count). The van der Waals surface area contributed by atoms with Gasteiger partial charge in [-0.05, 0) is 24.3 Å². The smallest absolute Gasteiger partial charge is 0.269 e. The minimum atomic E-state index is -3.99. The van der Waals surface area contributed by atoms with Crippen molar-refractivity contribution < 1.29 is 13.2 Å². The third kappa shape index (κ3) is 3.41. The molecule has 29 heavy (non-hydrogen) atoms. The standard InChI is InChI=1S/C20H17ClN4O3S/c1-25-12-22-10-13(25)11-23-20(26)18-19(17-15(21)8-5-9-16(17)24-18)29(27,28)14-6-3-2-4-7-14/h2-10,12,24H,11H2,1H3,(H,23,26). The molecule has 0 saturated heterocycles. The number of nitrogens with zero attached hydrogens (tertiary/aromatic N) is 2. The minimum absolute atomic E-state index is 0.0564. The van der Waals surface area contributed by atoms with Crippen molar-refractivity contribution in [1.29, 1.82) is 0 Å². The number of fused-ring (bicyclic) bond motifs is 1. The van der Waals surface area contributed by atoms with E-state index >= 15 is 0 Å². The van der Waals surface area contributed by atoms with Gasteiger partial charge in [-0.3, -0.25) is 4.79 Å². The lowest BCUT2D eigenvalue weighted by molar-refractivity contribution is 0.0942. The molecule has 2 N–H and O–H groups in total. The molecule has 0 spiro atoms. The Morgan fingerprint density at radius 1 is 1.17 bits per heavy atom. The molecule has 148 valence electrons. The van der Waals surface area contributed by atoms with Crippen molar-refractivity contribution in [3.05, 3.63) is 77.5 Å². The molecule has 0 aliphatic carbocycles. The molecule has 0 fully saturated rings. The average molecular weight is 429 g/mol. The van der Waals surface area contributed by atoms with Crippen molar-refractivity contribution in [2.75, 3.05) is 0 Å². The van der Waals surface area contributed by atoms with Gasteiger partial charge >= 0.3 is 0 Å². The van der Waals surface area contributed by atoms with Crippen molar-refractivity contribution in [1.82, 2.24) is 19.9 Å². The highest BCUT2D eigenvalue weighted by molar-refractivity contribution is 7.91. The summed E-state index contributed by atoms with van der Waals surface area (Å²) < 4.78 is 28.6. The SMILES string of the molecule is Cn1cncc1CNC(=O)c1[nH]c2cccc(Cl)c2c1S(=O)(=O)c1ccccc1. The van der Waals surface area contributed by atoms with Crippen molar-refractivity contribution in [3.63, 3.8) is 0 Å². The maximum Gasteiger partial charge on any atom is 0.269 e. The second kappa shape index (κ2) is 7.38. The van der Waals surface area contributed by atoms with Crippen LogP contribution in [0.15, 0.2) is 70.8 Å². The van der Waals surface area contributed by atoms with Gasteiger partial charge < -0.3 is 14.9 Å². The van der Waals surface area contributed by atoms with Gasteiger partial charge in [0.15, 0.2) is 0 Å². The molecule has 0 aliphatic rings. The highest BCUT2D eigenvalue weighted by atomic mass is 35.5. The number of rotatable bonds is 5. The fraction of sp³-hybridized carbons (Fsp3) is 0.100. The Bertz CT molecular complexity index is 1310. The summed E-state index contributed by atoms with van der Waals surface area (Å²) in [5.41, 5.74) is 1.19. The van der Waals surface area contributed by atoms with Gasteiger partial charge in [0.05, 0.1) is 28.5 Å². The fourth-order valence-corrected chi connectivity index (χ4v) is 5.11. The number of nitrogens with one attached hydrogen (secondary N) is 2. The Balaban J connectivity index is 1.84. The van der Waals surface area contributed by atoms with Crippen LogP contribution in [0, 0.1) is 0 Å². The normalized spacial score (nSPS) is 11.7. The van der Waals surface area contributed by atoms with Crippen molar-refractivity contribution in [3.8, 4) is 0 Å². The van der Waals surface area contributed by atoms with Crippen molar-refractivity contribution in [2.45, 2.75) is 16.3 Å². The highest BCUT2D eigenvalue weighted by Crippen LogP contribution is 2.36. The number of benzene rings is 2. The van der Waals surface area contributed by atoms with Crippen LogP contribution in [0.4, 0.5) is 0 Å². The Kier molecular flexibility index (Phi) is 4.89. The summed E-state index contributed by atoms with van der Waals surface area (Å²) in [4.78, 5) is 19.8. The number of H-pyrrole nitrogens is 1. The van der Waals surface area contributed by atoms with Gasteiger partial charge in [0.25, 0.3) is 5.91 Å². The zero-order valence-corrected chi connectivity index (χ0v) is 17.0. The molecule has 2 heterocycles. The molecular weight excluding hydrogens is 412 g/mol. The Morgan fingerprint density at radius 3 is 2.62 bits per heavy atom. The van der Waals surface area contributed by atoms with Crippen molar-refractivity contribution in [2.24, 2.45) is 7.05 Å². The number of halogens is 1. The summed E-state index contributed by atoms with van der Waals surface area (Å²) in [6.45, 7) is 0.198. The molecule has 2 aromatic carbocycles. The molecule has 0 aliphatic heterocycles. The Labute approximate surface area is 172 Å². The van der Waals surface area contributed by atoms with E-state index in [1.165, 1.54) is 12.1 Å². The second-order valence-electron chi connectivity index (χ2n) is 6.49. The zero-order valence-electron chi connectivity index (χ0n) is 15.4. The number of carbonyl (C=O) groups excluding carboxylic acids is 1. The second-order valence-corrected chi connectivity index (χ2v) is 8.78. The molecule has 0 bridgehead atoms. The monoisotopic (exact) mass is 428 g/mol. The number of amides is 1. The van der Waals surface area contributed by atoms with Crippen LogP contribution in [0.25, 0.3) is 10.9 Å². The van der Waals surface area contributed by atoms with Gasteiger partial charge in [-0.25, -0.2) is 13.4 Å². The van der Waals surface area contributed by atoms with E-state index in [4.69, 9.17) is 11.6 Å². The molecule has 0 radical (unpaired) electrons. The molecule has 4 aromatic rings. The van der Waals surface area contributed by atoms with E-state index in [0.29, 0.717) is 10.9 Å². The predicted molar refractivity (Wildman–Crippen MR) is 110 cm³/mol. The van der Waals surface area contributed by atoms with Gasteiger partial charge in [-0.2, -0.15) is 0 Å². The lowest BCUT2D eigenvalue weighted by Crippen LogP contribution is -2.25. The molecule has 0 unspecified atom stereocenters. The van der Waals surface area contributed by atoms with E-state index in [2.05, 4.69) is 15.3 Å². The van der Waals surface area contributed by atoms with Gasteiger partial charge in [0.1, 0.15) is 10.6 Å². The number of aromatic nitrogens is 3. The molecule has 0 atom stereocenters. The molecular formula is C20H17ClN4O3S. The Morgan fingerprint density at radius 2 is 1.93 bits per heavy atom. The molecule has 9 heteroatoms. The van der Waals surface area contributed by atoms with E-state index in [0.717, 1.165) is 5.69 Å². The third-order valence-electron chi connectivity index (χ3n) is 4.62. The first-order valence-electron chi connectivity index (χ1n) is 8.73. The summed E-state index contributed by atoms with van der Waals surface area (Å²) in [5.74, 6) is -0.548. The topological polar surface area (TPSA) is 96.8 Å². The van der Waals surface area contributed by atoms with Gasteiger partial charge in [-0.1, -0.05) is 35.9 Å². The van der Waals surface area contributed by atoms with Crippen LogP contribution in [-0.4, -0.2) is 28.9 Å². The van der Waals surface area contributed by atoms with E-state index in [1.54, 1.807) is 53.5 Å². The molecule has 2 aromatic heterocycles. The van der Waals surface area contributed by atoms with Crippen LogP contribution >= 0.6 is 11.6 Å². The fourth-order valence-electron chi connectivity index (χ4n) is 3.14. The lowest BCUT2D eigenvalue weighted by Gasteiger charge is -2.09. The van der Waals surface area contributed by atoms with Crippen molar-refractivity contribution >= 4 is 38.2 Å². The number of hydrogen-bond acceptors (Lipinski definition) is 4. The highest BCUT2D eigenvalue weighted by Gasteiger charge is 2.30. The number of imidazole rings is 1. The minimum Gasteiger partial charge on any atom is -0.349 e. The maximum atomic E-state index is 13.4. The van der Waals surface area contributed by atoms with E-state index < -0.39 is 15.7 Å². The van der Waals surface area contributed by atoms with Crippen LogP contribution in [0.1, 0.15) is 16.2 Å². The Hall–Kier alpha value is -3.10. The van der Waals surface area contributed by atoms with Gasteiger partial charge in [0, 0.05) is 24.1 Å². The number of sulfone groups is 1. The number of hydrogen-bond donors (Lipinski definition) is 2. The number of aryl methyl sites for hydroxylation is 1. The summed E-state index contributed by atoms with van der Waals surface area (Å²) in [5, 5.41) is 3.29. The van der Waals surface area contributed by atoms with Gasteiger partial charge in [0.2, 0.25) is 9.84 Å². The molecule has 1 amide bonds. The van der Waals surface area contributed by atoms with E-state index in [1.807, 2.05) is 7.05 Å². The zero-order chi connectivity index (χ0) is 20.6. The first kappa shape index (κ1) is 19.2. The molecule has 7 nitrogen and oxygen atoms in total. The van der Waals surface area contributed by atoms with E-state index in [9.17, 15) is 13.2 Å². The predicted octanol–water partition coefficient (Wildman–Crippen LogP) is 3.32. The van der Waals surface area contributed by atoms with Gasteiger partial charge in [-0.15, -0.1) is 0 Å². The first-order chi connectivity index (χ1) is 13.9. The maximum absolute atomic E-state index is 13.4. The van der Waals surface area contributed by atoms with Crippen LogP contribution in [0.3, 0.4) is 0 Å². The largest absolute Gasteiger partial charge is 0.349 e. The van der Waals surface area contributed by atoms with Crippen LogP contribution in [0.2, 0.25) is 5.02 Å². The average Bonchev–Trinajstić information content (AvgIpc) is 3.31. The number of carbonyl (C=O) groups is 1. The molecule has 0 saturated carbocycles. The summed E-state index contributed by atoms with van der Waals surface area (Å²) >= 11 is 6.33. The third-order valence-corrected chi connectivity index (χ3v) is 6.78. The van der Waals surface area contributed by atoms with Crippen LogP contribution < -0.4 is 5.32 Å². The first-order valence-corrected chi connectivity index (χ1v) is 10.6. The number of aromatic amines is 1. The van der Waals surface area contributed by atoms with Crippen LogP contribution in [-0.2, 0) is 23.4 Å². The summed E-state index contributed by atoms with van der Waals surface area (Å²) in [6.07, 6.45) is 3.25. The van der Waals surface area contributed by atoms with Crippen LogP contribution in [0.5, 0.6) is 0 Å². The van der Waals surface area contributed by atoms with E-state index in [-0.39, 0.29) is 27.1 Å². The lowest BCUT2D eigenvalue weighted by atomic mass is 10.2.